The van der Waals surface area contributed by atoms with Gasteiger partial charge in [-0.3, -0.25) is 9.59 Å². The van der Waals surface area contributed by atoms with Gasteiger partial charge in [0.25, 0.3) is 0 Å². The minimum Gasteiger partial charge on any atom is -0.396 e. The number of carbonyl (C=O) groups excluding carboxylic acids is 2. The molecule has 0 aromatic carbocycles. The van der Waals surface area contributed by atoms with Crippen molar-refractivity contribution in [1.82, 2.24) is 9.80 Å². The highest BCUT2D eigenvalue weighted by atomic mass is 16.3. The molecular weight excluding hydrogens is 304 g/mol. The lowest BCUT2D eigenvalue weighted by atomic mass is 9.87. The second-order valence-corrected chi connectivity index (χ2v) is 7.99. The first kappa shape index (κ1) is 17.7. The first-order valence-corrected chi connectivity index (χ1v) is 9.84. The molecule has 5 heteroatoms. The predicted molar refractivity (Wildman–Crippen MR) is 92.3 cm³/mol. The van der Waals surface area contributed by atoms with Crippen LogP contribution in [-0.2, 0) is 9.59 Å². The summed E-state index contributed by atoms with van der Waals surface area (Å²) in [5.74, 6) is 1.44. The van der Waals surface area contributed by atoms with E-state index in [1.165, 1.54) is 32.1 Å². The topological polar surface area (TPSA) is 60.9 Å². The summed E-state index contributed by atoms with van der Waals surface area (Å²) in [6, 6.07) is 0. The van der Waals surface area contributed by atoms with Crippen molar-refractivity contribution >= 4 is 11.8 Å². The van der Waals surface area contributed by atoms with Gasteiger partial charge in [0.15, 0.2) is 0 Å². The fourth-order valence-corrected chi connectivity index (χ4v) is 4.57. The Morgan fingerprint density at radius 1 is 1.00 bits per heavy atom. The molecule has 0 aromatic rings. The Bertz CT molecular complexity index is 440. The molecule has 0 radical (unpaired) electrons. The van der Waals surface area contributed by atoms with Crippen molar-refractivity contribution < 1.29 is 14.7 Å². The highest BCUT2D eigenvalue weighted by molar-refractivity contribution is 5.84. The number of carbonyl (C=O) groups is 2. The van der Waals surface area contributed by atoms with E-state index in [4.69, 9.17) is 0 Å². The summed E-state index contributed by atoms with van der Waals surface area (Å²) in [6.45, 7) is 3.23. The van der Waals surface area contributed by atoms with Gasteiger partial charge >= 0.3 is 0 Å². The minimum atomic E-state index is -0.0167. The van der Waals surface area contributed by atoms with E-state index in [9.17, 15) is 14.7 Å². The van der Waals surface area contributed by atoms with Crippen LogP contribution in [0.1, 0.15) is 57.8 Å². The van der Waals surface area contributed by atoms with Gasteiger partial charge in [-0.15, -0.1) is 0 Å². The van der Waals surface area contributed by atoms with Crippen LogP contribution < -0.4 is 0 Å². The SMILES string of the molecule is O=C1CC[C@H](C(=O)N2CCC(CO)CC2)CN1CC1CCCCC1. The first-order valence-electron chi connectivity index (χ1n) is 9.84. The molecule has 3 fully saturated rings. The molecule has 2 amide bonds. The van der Waals surface area contributed by atoms with E-state index in [2.05, 4.69) is 0 Å². The van der Waals surface area contributed by atoms with Crippen LogP contribution in [0.15, 0.2) is 0 Å². The molecule has 1 aliphatic carbocycles. The summed E-state index contributed by atoms with van der Waals surface area (Å²) in [4.78, 5) is 29.0. The fourth-order valence-electron chi connectivity index (χ4n) is 4.57. The second kappa shape index (κ2) is 8.32. The standard InChI is InChI=1S/C19H32N2O3/c22-14-16-8-10-20(11-9-16)19(24)17-6-7-18(23)21(13-17)12-15-4-2-1-3-5-15/h15-17,22H,1-14H2/t17-/m0/s1. The van der Waals surface area contributed by atoms with Crippen LogP contribution in [0.2, 0.25) is 0 Å². The largest absolute Gasteiger partial charge is 0.396 e. The fraction of sp³-hybridized carbons (Fsp3) is 0.895. The number of likely N-dealkylation sites (tertiary alicyclic amines) is 2. The third-order valence-electron chi connectivity index (χ3n) is 6.24. The Morgan fingerprint density at radius 2 is 1.71 bits per heavy atom. The van der Waals surface area contributed by atoms with E-state index in [1.54, 1.807) is 0 Å². The molecule has 2 aliphatic heterocycles. The van der Waals surface area contributed by atoms with Gasteiger partial charge < -0.3 is 14.9 Å². The van der Waals surface area contributed by atoms with Crippen molar-refractivity contribution in [2.45, 2.75) is 57.8 Å². The van der Waals surface area contributed by atoms with Gasteiger partial charge in [0.2, 0.25) is 11.8 Å². The van der Waals surface area contributed by atoms with Crippen molar-refractivity contribution in [2.75, 3.05) is 32.8 Å². The molecular formula is C19H32N2O3. The number of aliphatic hydroxyl groups excluding tert-OH is 1. The summed E-state index contributed by atoms with van der Waals surface area (Å²) >= 11 is 0. The lowest BCUT2D eigenvalue weighted by molar-refractivity contribution is -0.144. The monoisotopic (exact) mass is 336 g/mol. The number of nitrogens with zero attached hydrogens (tertiary/aromatic N) is 2. The molecule has 0 aromatic heterocycles. The molecule has 2 heterocycles. The van der Waals surface area contributed by atoms with Crippen LogP contribution in [0.25, 0.3) is 0 Å². The Labute approximate surface area is 145 Å². The van der Waals surface area contributed by atoms with Crippen molar-refractivity contribution in [1.29, 1.82) is 0 Å². The maximum absolute atomic E-state index is 12.8. The molecule has 5 nitrogen and oxygen atoms in total. The highest BCUT2D eigenvalue weighted by Gasteiger charge is 2.34. The molecule has 136 valence electrons. The quantitative estimate of drug-likeness (QED) is 0.854. The maximum atomic E-state index is 12.8. The Morgan fingerprint density at radius 3 is 2.38 bits per heavy atom. The zero-order valence-corrected chi connectivity index (χ0v) is 14.8. The van der Waals surface area contributed by atoms with Crippen molar-refractivity contribution in [3.05, 3.63) is 0 Å². The Kier molecular flexibility index (Phi) is 6.14. The smallest absolute Gasteiger partial charge is 0.227 e. The van der Waals surface area contributed by atoms with Crippen LogP contribution in [-0.4, -0.2) is 59.5 Å². The first-order chi connectivity index (χ1) is 11.7. The zero-order chi connectivity index (χ0) is 16.9. The molecule has 1 N–H and O–H groups in total. The van der Waals surface area contributed by atoms with E-state index >= 15 is 0 Å². The summed E-state index contributed by atoms with van der Waals surface area (Å²) in [5, 5.41) is 9.24. The zero-order valence-electron chi connectivity index (χ0n) is 14.8. The summed E-state index contributed by atoms with van der Waals surface area (Å²) < 4.78 is 0. The van der Waals surface area contributed by atoms with Gasteiger partial charge in [-0.25, -0.2) is 0 Å². The van der Waals surface area contributed by atoms with Crippen LogP contribution in [0.5, 0.6) is 0 Å². The molecule has 0 spiro atoms. The van der Waals surface area contributed by atoms with Crippen molar-refractivity contribution in [3.8, 4) is 0 Å². The number of hydrogen-bond donors (Lipinski definition) is 1. The summed E-state index contributed by atoms with van der Waals surface area (Å²) in [7, 11) is 0. The number of rotatable bonds is 4. The van der Waals surface area contributed by atoms with Gasteiger partial charge in [0, 0.05) is 39.2 Å². The van der Waals surface area contributed by atoms with Gasteiger partial charge in [0.05, 0.1) is 5.92 Å². The molecule has 3 aliphatic rings. The Balaban J connectivity index is 1.52. The van der Waals surface area contributed by atoms with E-state index < -0.39 is 0 Å². The van der Waals surface area contributed by atoms with E-state index in [0.29, 0.717) is 31.2 Å². The van der Waals surface area contributed by atoms with Gasteiger partial charge in [0.1, 0.15) is 0 Å². The number of piperidine rings is 2. The third-order valence-corrected chi connectivity index (χ3v) is 6.24. The van der Waals surface area contributed by atoms with Crippen LogP contribution in [0.3, 0.4) is 0 Å². The Hall–Kier alpha value is -1.10. The normalized spacial score (nSPS) is 27.5. The van der Waals surface area contributed by atoms with Crippen LogP contribution in [0.4, 0.5) is 0 Å². The number of hydrogen-bond acceptors (Lipinski definition) is 3. The lowest BCUT2D eigenvalue weighted by Gasteiger charge is -2.39. The summed E-state index contributed by atoms with van der Waals surface area (Å²) in [6.07, 6.45) is 9.40. The minimum absolute atomic E-state index is 0.0167. The maximum Gasteiger partial charge on any atom is 0.227 e. The molecule has 3 rings (SSSR count). The second-order valence-electron chi connectivity index (χ2n) is 7.99. The lowest BCUT2D eigenvalue weighted by Crippen LogP contribution is -2.50. The van der Waals surface area contributed by atoms with Crippen molar-refractivity contribution in [3.63, 3.8) is 0 Å². The number of amides is 2. The average Bonchev–Trinajstić information content (AvgIpc) is 2.64. The molecule has 1 atom stereocenters. The van der Waals surface area contributed by atoms with E-state index in [0.717, 1.165) is 32.5 Å². The molecule has 24 heavy (non-hydrogen) atoms. The van der Waals surface area contributed by atoms with Gasteiger partial charge in [-0.2, -0.15) is 0 Å². The number of aliphatic hydroxyl groups is 1. The molecule has 2 saturated heterocycles. The average molecular weight is 336 g/mol. The van der Waals surface area contributed by atoms with Crippen molar-refractivity contribution in [2.24, 2.45) is 17.8 Å². The van der Waals surface area contributed by atoms with E-state index in [-0.39, 0.29) is 24.3 Å². The molecule has 1 saturated carbocycles. The highest BCUT2D eigenvalue weighted by Crippen LogP contribution is 2.28. The van der Waals surface area contributed by atoms with Gasteiger partial charge in [-0.05, 0) is 43.9 Å². The third kappa shape index (κ3) is 4.29. The van der Waals surface area contributed by atoms with Crippen LogP contribution in [0, 0.1) is 17.8 Å². The predicted octanol–water partition coefficient (Wildman–Crippen LogP) is 2.04. The molecule has 0 unspecified atom stereocenters. The molecule has 0 bridgehead atoms. The van der Waals surface area contributed by atoms with E-state index in [1.807, 2.05) is 9.80 Å². The van der Waals surface area contributed by atoms with Crippen LogP contribution >= 0.6 is 0 Å². The summed E-state index contributed by atoms with van der Waals surface area (Å²) in [5.41, 5.74) is 0. The van der Waals surface area contributed by atoms with Gasteiger partial charge in [-0.1, -0.05) is 19.3 Å².